The molecule has 1 amide bonds. The van der Waals surface area contributed by atoms with Gasteiger partial charge in [-0.2, -0.15) is 0 Å². The fourth-order valence-corrected chi connectivity index (χ4v) is 2.89. The van der Waals surface area contributed by atoms with Crippen LogP contribution in [0.3, 0.4) is 0 Å². The molecule has 1 aliphatic heterocycles. The number of anilines is 2. The van der Waals surface area contributed by atoms with Crippen LogP contribution in [0.4, 0.5) is 11.5 Å². The van der Waals surface area contributed by atoms with Crippen LogP contribution in [0, 0.1) is 0 Å². The van der Waals surface area contributed by atoms with Gasteiger partial charge in [0.2, 0.25) is 0 Å². The number of amides is 1. The number of nitrogens with zero attached hydrogens (tertiary/aromatic N) is 3. The third-order valence-electron chi connectivity index (χ3n) is 3.63. The number of rotatable bonds is 3. The van der Waals surface area contributed by atoms with Crippen molar-refractivity contribution in [2.24, 2.45) is 0 Å². The number of carbonyl (C=O) groups excluding carboxylic acids is 1. The van der Waals surface area contributed by atoms with E-state index in [0.29, 0.717) is 5.69 Å². The molecule has 0 saturated carbocycles. The highest BCUT2D eigenvalue weighted by atomic mass is 79.9. The highest BCUT2D eigenvalue weighted by Crippen LogP contribution is 2.18. The minimum absolute atomic E-state index is 0.254. The van der Waals surface area contributed by atoms with E-state index in [1.165, 1.54) is 25.5 Å². The smallest absolute Gasteiger partial charge is 0.275 e. The zero-order valence-corrected chi connectivity index (χ0v) is 13.7. The summed E-state index contributed by atoms with van der Waals surface area (Å²) in [6.45, 7) is 2.02. The van der Waals surface area contributed by atoms with Crippen molar-refractivity contribution in [3.8, 4) is 0 Å². The van der Waals surface area contributed by atoms with E-state index in [1.807, 2.05) is 24.3 Å². The van der Waals surface area contributed by atoms with Gasteiger partial charge in [0, 0.05) is 23.2 Å². The lowest BCUT2D eigenvalue weighted by Crippen LogP contribution is -2.30. The Bertz CT molecular complexity index is 653. The van der Waals surface area contributed by atoms with E-state index in [-0.39, 0.29) is 5.91 Å². The zero-order valence-electron chi connectivity index (χ0n) is 12.1. The van der Waals surface area contributed by atoms with E-state index >= 15 is 0 Å². The Morgan fingerprint density at radius 3 is 2.64 bits per heavy atom. The molecule has 22 heavy (non-hydrogen) atoms. The topological polar surface area (TPSA) is 58.1 Å². The van der Waals surface area contributed by atoms with E-state index in [1.54, 1.807) is 6.20 Å². The lowest BCUT2D eigenvalue weighted by Gasteiger charge is -2.27. The van der Waals surface area contributed by atoms with Crippen LogP contribution in [-0.4, -0.2) is 29.0 Å². The average molecular weight is 361 g/mol. The quantitative estimate of drug-likeness (QED) is 0.910. The number of aromatic nitrogens is 2. The summed E-state index contributed by atoms with van der Waals surface area (Å²) in [7, 11) is 0. The van der Waals surface area contributed by atoms with Crippen molar-refractivity contribution < 1.29 is 4.79 Å². The summed E-state index contributed by atoms with van der Waals surface area (Å²) in [4.78, 5) is 23.0. The minimum atomic E-state index is -0.254. The van der Waals surface area contributed by atoms with Gasteiger partial charge in [-0.3, -0.25) is 4.79 Å². The first-order valence-electron chi connectivity index (χ1n) is 7.36. The van der Waals surface area contributed by atoms with E-state index in [9.17, 15) is 4.79 Å². The molecule has 5 nitrogen and oxygen atoms in total. The van der Waals surface area contributed by atoms with Crippen molar-refractivity contribution in [3.05, 3.63) is 46.8 Å². The Balaban J connectivity index is 1.68. The van der Waals surface area contributed by atoms with Gasteiger partial charge in [-0.25, -0.2) is 9.97 Å². The van der Waals surface area contributed by atoms with E-state index in [4.69, 9.17) is 0 Å². The molecule has 1 saturated heterocycles. The van der Waals surface area contributed by atoms with Gasteiger partial charge in [0.05, 0.1) is 12.4 Å². The Morgan fingerprint density at radius 2 is 1.95 bits per heavy atom. The maximum atomic E-state index is 12.2. The van der Waals surface area contributed by atoms with Gasteiger partial charge >= 0.3 is 0 Å². The first-order valence-corrected chi connectivity index (χ1v) is 8.15. The number of piperidine rings is 1. The second kappa shape index (κ2) is 6.87. The summed E-state index contributed by atoms with van der Waals surface area (Å²) in [6, 6.07) is 7.44. The van der Waals surface area contributed by atoms with Crippen LogP contribution in [0.15, 0.2) is 41.1 Å². The molecule has 1 N–H and O–H groups in total. The largest absolute Gasteiger partial charge is 0.355 e. The molecule has 2 heterocycles. The first-order chi connectivity index (χ1) is 10.7. The van der Waals surface area contributed by atoms with Crippen LogP contribution in [-0.2, 0) is 0 Å². The van der Waals surface area contributed by atoms with Crippen LogP contribution < -0.4 is 10.2 Å². The molecular weight excluding hydrogens is 344 g/mol. The third kappa shape index (κ3) is 3.62. The standard InChI is InChI=1S/C16H17BrN4O/c17-12-5-4-6-13(9-12)20-16(22)14-10-19-15(11-18-14)21-7-2-1-3-8-21/h4-6,9-11H,1-3,7-8H2,(H,20,22). The Labute approximate surface area is 137 Å². The molecular formula is C16H17BrN4O. The molecule has 2 aromatic rings. The molecule has 0 aliphatic carbocycles. The van der Waals surface area contributed by atoms with Gasteiger partial charge in [-0.05, 0) is 37.5 Å². The Hall–Kier alpha value is -1.95. The predicted molar refractivity (Wildman–Crippen MR) is 90.2 cm³/mol. The maximum Gasteiger partial charge on any atom is 0.275 e. The summed E-state index contributed by atoms with van der Waals surface area (Å²) < 4.78 is 0.914. The SMILES string of the molecule is O=C(Nc1cccc(Br)c1)c1cnc(N2CCCCC2)cn1. The van der Waals surface area contributed by atoms with Crippen molar-refractivity contribution >= 4 is 33.3 Å². The van der Waals surface area contributed by atoms with Gasteiger partial charge in [-0.15, -0.1) is 0 Å². The van der Waals surface area contributed by atoms with Crippen molar-refractivity contribution in [3.63, 3.8) is 0 Å². The summed E-state index contributed by atoms with van der Waals surface area (Å²) in [5, 5.41) is 2.81. The van der Waals surface area contributed by atoms with Crippen LogP contribution in [0.25, 0.3) is 0 Å². The molecule has 1 fully saturated rings. The van der Waals surface area contributed by atoms with Gasteiger partial charge in [-0.1, -0.05) is 22.0 Å². The monoisotopic (exact) mass is 360 g/mol. The summed E-state index contributed by atoms with van der Waals surface area (Å²) >= 11 is 3.38. The number of hydrogen-bond acceptors (Lipinski definition) is 4. The van der Waals surface area contributed by atoms with Gasteiger partial charge in [0.25, 0.3) is 5.91 Å². The highest BCUT2D eigenvalue weighted by molar-refractivity contribution is 9.10. The maximum absolute atomic E-state index is 12.2. The number of halogens is 1. The predicted octanol–water partition coefficient (Wildman–Crippen LogP) is 3.48. The molecule has 0 spiro atoms. The van der Waals surface area contributed by atoms with Crippen molar-refractivity contribution in [1.82, 2.24) is 9.97 Å². The molecule has 1 aromatic heterocycles. The molecule has 1 aromatic carbocycles. The third-order valence-corrected chi connectivity index (χ3v) is 4.13. The number of carbonyl (C=O) groups is 1. The van der Waals surface area contributed by atoms with E-state index in [2.05, 4.69) is 36.1 Å². The molecule has 0 radical (unpaired) electrons. The van der Waals surface area contributed by atoms with Gasteiger partial charge < -0.3 is 10.2 Å². The molecule has 0 atom stereocenters. The highest BCUT2D eigenvalue weighted by Gasteiger charge is 2.14. The molecule has 114 valence electrons. The fourth-order valence-electron chi connectivity index (χ4n) is 2.49. The zero-order chi connectivity index (χ0) is 15.4. The number of benzene rings is 1. The van der Waals surface area contributed by atoms with Crippen molar-refractivity contribution in [1.29, 1.82) is 0 Å². The lowest BCUT2D eigenvalue weighted by atomic mass is 10.1. The van der Waals surface area contributed by atoms with Crippen LogP contribution >= 0.6 is 15.9 Å². The van der Waals surface area contributed by atoms with Crippen molar-refractivity contribution in [2.75, 3.05) is 23.3 Å². The lowest BCUT2D eigenvalue weighted by molar-refractivity contribution is 0.102. The average Bonchev–Trinajstić information content (AvgIpc) is 2.56. The van der Waals surface area contributed by atoms with Crippen LogP contribution in [0.1, 0.15) is 29.8 Å². The van der Waals surface area contributed by atoms with Crippen LogP contribution in [0.2, 0.25) is 0 Å². The normalized spacial score (nSPS) is 14.7. The molecule has 0 bridgehead atoms. The molecule has 1 aliphatic rings. The Morgan fingerprint density at radius 1 is 1.14 bits per heavy atom. The Kier molecular flexibility index (Phi) is 4.68. The number of nitrogens with one attached hydrogen (secondary N) is 1. The van der Waals surface area contributed by atoms with Crippen LogP contribution in [0.5, 0.6) is 0 Å². The van der Waals surface area contributed by atoms with E-state index in [0.717, 1.165) is 29.1 Å². The fraction of sp³-hybridized carbons (Fsp3) is 0.312. The summed E-state index contributed by atoms with van der Waals surface area (Å²) in [5.74, 6) is 0.592. The first kappa shape index (κ1) is 15.0. The summed E-state index contributed by atoms with van der Waals surface area (Å²) in [6.07, 6.45) is 6.87. The van der Waals surface area contributed by atoms with Gasteiger partial charge in [0.1, 0.15) is 11.5 Å². The number of hydrogen-bond donors (Lipinski definition) is 1. The molecule has 3 rings (SSSR count). The second-order valence-electron chi connectivity index (χ2n) is 5.27. The summed E-state index contributed by atoms with van der Waals surface area (Å²) in [5.41, 5.74) is 1.04. The molecule has 0 unspecified atom stereocenters. The van der Waals surface area contributed by atoms with E-state index < -0.39 is 0 Å². The van der Waals surface area contributed by atoms with Gasteiger partial charge in [0.15, 0.2) is 0 Å². The minimum Gasteiger partial charge on any atom is -0.355 e. The van der Waals surface area contributed by atoms with Crippen molar-refractivity contribution in [2.45, 2.75) is 19.3 Å². The molecule has 6 heteroatoms. The second-order valence-corrected chi connectivity index (χ2v) is 6.19.